The minimum absolute atomic E-state index is 0.00826. The summed E-state index contributed by atoms with van der Waals surface area (Å²) >= 11 is 2.94. The van der Waals surface area contributed by atoms with Crippen molar-refractivity contribution >= 4 is 39.2 Å². The van der Waals surface area contributed by atoms with E-state index in [2.05, 4.69) is 6.92 Å². The minimum atomic E-state index is 0.00826. The van der Waals surface area contributed by atoms with Crippen LogP contribution < -0.4 is 5.56 Å². The van der Waals surface area contributed by atoms with Crippen LogP contribution in [0.15, 0.2) is 9.95 Å². The number of rotatable bonds is 5. The molecule has 1 aliphatic rings. The Balaban J connectivity index is 1.76. The van der Waals surface area contributed by atoms with Crippen molar-refractivity contribution in [2.45, 2.75) is 71.1 Å². The van der Waals surface area contributed by atoms with Crippen molar-refractivity contribution in [3.05, 3.63) is 20.8 Å². The first-order valence-corrected chi connectivity index (χ1v) is 11.5. The number of hydrogen-bond donors (Lipinski definition) is 0. The van der Waals surface area contributed by atoms with Crippen LogP contribution in [0.1, 0.15) is 50.0 Å². The standard InChI is InChI=1S/C20H29N3O2S2/c1-6-23-19(25)17-13(3)14(4)27-18(17)21-20(23)26-11-16(24)22(5)15-9-7-12(2)8-10-15/h12,15H,6-11H2,1-5H3. The second-order valence-electron chi connectivity index (χ2n) is 7.61. The summed E-state index contributed by atoms with van der Waals surface area (Å²) < 4.78 is 1.70. The molecule has 2 aromatic heterocycles. The molecule has 1 saturated carbocycles. The van der Waals surface area contributed by atoms with Gasteiger partial charge in [0, 0.05) is 24.5 Å². The zero-order valence-corrected chi connectivity index (χ0v) is 18.5. The van der Waals surface area contributed by atoms with Crippen molar-refractivity contribution in [1.29, 1.82) is 0 Å². The van der Waals surface area contributed by atoms with Gasteiger partial charge in [-0.25, -0.2) is 4.98 Å². The number of thioether (sulfide) groups is 1. The van der Waals surface area contributed by atoms with E-state index >= 15 is 0 Å². The number of fused-ring (bicyclic) bond motifs is 1. The maximum Gasteiger partial charge on any atom is 0.263 e. The van der Waals surface area contributed by atoms with Crippen molar-refractivity contribution in [3.63, 3.8) is 0 Å². The molecule has 0 unspecified atom stereocenters. The van der Waals surface area contributed by atoms with E-state index in [1.54, 1.807) is 15.9 Å². The topological polar surface area (TPSA) is 55.2 Å². The molecule has 0 saturated heterocycles. The van der Waals surface area contributed by atoms with E-state index in [4.69, 9.17) is 4.98 Å². The van der Waals surface area contributed by atoms with Crippen LogP contribution in [0.25, 0.3) is 10.2 Å². The minimum Gasteiger partial charge on any atom is -0.342 e. The van der Waals surface area contributed by atoms with E-state index in [9.17, 15) is 9.59 Å². The lowest BCUT2D eigenvalue weighted by atomic mass is 9.87. The Morgan fingerprint density at radius 1 is 1.30 bits per heavy atom. The number of carbonyl (C=O) groups excluding carboxylic acids is 1. The van der Waals surface area contributed by atoms with Crippen LogP contribution >= 0.6 is 23.1 Å². The van der Waals surface area contributed by atoms with Crippen molar-refractivity contribution in [2.24, 2.45) is 5.92 Å². The van der Waals surface area contributed by atoms with Crippen LogP contribution in [-0.4, -0.2) is 39.2 Å². The predicted octanol–water partition coefficient (Wildman–Crippen LogP) is 4.22. The largest absolute Gasteiger partial charge is 0.342 e. The lowest BCUT2D eigenvalue weighted by Crippen LogP contribution is -2.40. The van der Waals surface area contributed by atoms with Crippen LogP contribution in [0.4, 0.5) is 0 Å². The average molecular weight is 408 g/mol. The number of nitrogens with zero attached hydrogens (tertiary/aromatic N) is 3. The normalized spacial score (nSPS) is 20.2. The van der Waals surface area contributed by atoms with Crippen molar-refractivity contribution in [3.8, 4) is 0 Å². The van der Waals surface area contributed by atoms with Gasteiger partial charge in [0.2, 0.25) is 5.91 Å². The van der Waals surface area contributed by atoms with Crippen molar-refractivity contribution < 1.29 is 4.79 Å². The van der Waals surface area contributed by atoms with E-state index in [-0.39, 0.29) is 11.5 Å². The highest BCUT2D eigenvalue weighted by Gasteiger charge is 2.25. The van der Waals surface area contributed by atoms with Gasteiger partial charge in [-0.3, -0.25) is 14.2 Å². The van der Waals surface area contributed by atoms with Crippen LogP contribution in [0, 0.1) is 19.8 Å². The van der Waals surface area contributed by atoms with Crippen molar-refractivity contribution in [1.82, 2.24) is 14.5 Å². The van der Waals surface area contributed by atoms with Crippen LogP contribution in [0.3, 0.4) is 0 Å². The molecule has 1 fully saturated rings. The summed E-state index contributed by atoms with van der Waals surface area (Å²) in [7, 11) is 1.92. The van der Waals surface area contributed by atoms with Gasteiger partial charge in [0.05, 0.1) is 11.1 Å². The van der Waals surface area contributed by atoms with E-state index in [1.165, 1.54) is 24.6 Å². The van der Waals surface area contributed by atoms with Crippen LogP contribution in [-0.2, 0) is 11.3 Å². The maximum atomic E-state index is 12.9. The Morgan fingerprint density at radius 2 is 1.96 bits per heavy atom. The quantitative estimate of drug-likeness (QED) is 0.550. The molecule has 2 heterocycles. The fourth-order valence-electron chi connectivity index (χ4n) is 3.76. The highest BCUT2D eigenvalue weighted by molar-refractivity contribution is 7.99. The third-order valence-electron chi connectivity index (χ3n) is 5.82. The molecule has 7 heteroatoms. The molecule has 27 heavy (non-hydrogen) atoms. The molecule has 148 valence electrons. The lowest BCUT2D eigenvalue weighted by molar-refractivity contribution is -0.129. The first kappa shape index (κ1) is 20.4. The first-order chi connectivity index (χ1) is 12.8. The summed E-state index contributed by atoms with van der Waals surface area (Å²) in [4.78, 5) is 34.1. The zero-order chi connectivity index (χ0) is 19.7. The Bertz CT molecular complexity index is 895. The molecule has 0 bridgehead atoms. The third kappa shape index (κ3) is 4.09. The summed E-state index contributed by atoms with van der Waals surface area (Å²) in [6.45, 7) is 8.79. The van der Waals surface area contributed by atoms with Gasteiger partial charge >= 0.3 is 0 Å². The zero-order valence-electron chi connectivity index (χ0n) is 16.9. The van der Waals surface area contributed by atoms with Crippen molar-refractivity contribution in [2.75, 3.05) is 12.8 Å². The van der Waals surface area contributed by atoms with Gasteiger partial charge in [-0.15, -0.1) is 11.3 Å². The summed E-state index contributed by atoms with van der Waals surface area (Å²) in [5.74, 6) is 1.21. The molecule has 2 aromatic rings. The second-order valence-corrected chi connectivity index (χ2v) is 9.76. The highest BCUT2D eigenvalue weighted by Crippen LogP contribution is 2.29. The number of thiophene rings is 1. The number of aromatic nitrogens is 2. The molecule has 1 amide bonds. The third-order valence-corrected chi connectivity index (χ3v) is 7.88. The Kier molecular flexibility index (Phi) is 6.31. The molecule has 0 aliphatic heterocycles. The smallest absolute Gasteiger partial charge is 0.263 e. The fraction of sp³-hybridized carbons (Fsp3) is 0.650. The van der Waals surface area contributed by atoms with Gasteiger partial charge < -0.3 is 4.90 Å². The Labute approximate surface area is 169 Å². The summed E-state index contributed by atoms with van der Waals surface area (Å²) in [5.41, 5.74) is 1.03. The molecule has 0 spiro atoms. The molecule has 1 aliphatic carbocycles. The van der Waals surface area contributed by atoms with E-state index in [0.717, 1.165) is 39.4 Å². The summed E-state index contributed by atoms with van der Waals surface area (Å²) in [5, 5.41) is 1.37. The maximum absolute atomic E-state index is 12.9. The van der Waals surface area contributed by atoms with E-state index in [1.807, 2.05) is 32.7 Å². The van der Waals surface area contributed by atoms with Gasteiger partial charge in [0.1, 0.15) is 4.83 Å². The van der Waals surface area contributed by atoms with Crippen LogP contribution in [0.2, 0.25) is 0 Å². The second kappa shape index (κ2) is 8.35. The van der Waals surface area contributed by atoms with Gasteiger partial charge in [-0.05, 0) is 57.9 Å². The first-order valence-electron chi connectivity index (χ1n) is 9.72. The van der Waals surface area contributed by atoms with E-state index in [0.29, 0.717) is 23.5 Å². The molecule has 0 radical (unpaired) electrons. The molecule has 5 nitrogen and oxygen atoms in total. The summed E-state index contributed by atoms with van der Waals surface area (Å²) in [6.07, 6.45) is 4.57. The van der Waals surface area contributed by atoms with Gasteiger partial charge in [-0.1, -0.05) is 18.7 Å². The van der Waals surface area contributed by atoms with Gasteiger partial charge in [0.15, 0.2) is 5.16 Å². The molecule has 0 atom stereocenters. The van der Waals surface area contributed by atoms with Crippen LogP contribution in [0.5, 0.6) is 0 Å². The van der Waals surface area contributed by atoms with Gasteiger partial charge in [0.25, 0.3) is 5.56 Å². The monoisotopic (exact) mass is 407 g/mol. The lowest BCUT2D eigenvalue weighted by Gasteiger charge is -2.33. The Hall–Kier alpha value is -1.34. The molecule has 0 N–H and O–H groups in total. The molecule has 0 aromatic carbocycles. The number of carbonyl (C=O) groups is 1. The highest BCUT2D eigenvalue weighted by atomic mass is 32.2. The summed E-state index contributed by atoms with van der Waals surface area (Å²) in [6, 6.07) is 0.348. The Morgan fingerprint density at radius 3 is 2.59 bits per heavy atom. The predicted molar refractivity (Wildman–Crippen MR) is 114 cm³/mol. The molecular formula is C20H29N3O2S2. The van der Waals surface area contributed by atoms with Gasteiger partial charge in [-0.2, -0.15) is 0 Å². The SMILES string of the molecule is CCn1c(SCC(=O)N(C)C2CCC(C)CC2)nc2sc(C)c(C)c2c1=O. The fourth-order valence-corrected chi connectivity index (χ4v) is 5.82. The average Bonchev–Trinajstić information content (AvgIpc) is 2.94. The molecular weight excluding hydrogens is 378 g/mol. The van der Waals surface area contributed by atoms with E-state index < -0.39 is 0 Å². The number of amides is 1. The molecule has 3 rings (SSSR count). The number of aryl methyl sites for hydroxylation is 2. The number of hydrogen-bond acceptors (Lipinski definition) is 5.